The normalized spacial score (nSPS) is 11.9. The lowest BCUT2D eigenvalue weighted by atomic mass is 10.1. The van der Waals surface area contributed by atoms with Gasteiger partial charge in [-0.05, 0) is 25.1 Å². The van der Waals surface area contributed by atoms with Crippen LogP contribution >= 0.6 is 0 Å². The van der Waals surface area contributed by atoms with Gasteiger partial charge in [-0.2, -0.15) is 13.2 Å². The van der Waals surface area contributed by atoms with E-state index in [1.807, 2.05) is 0 Å². The molecule has 0 spiro atoms. The standard InChI is InChI=1S/C16H12F3NO4/c1-7-12(21)15(23-3)14(22-2)11-13(7)24-10-6-8(16(17,18)19)4-5-9(10)20-11/h4-6H,1-3H3. The summed E-state index contributed by atoms with van der Waals surface area (Å²) in [5, 5.41) is 0. The van der Waals surface area contributed by atoms with E-state index in [0.717, 1.165) is 12.1 Å². The van der Waals surface area contributed by atoms with Crippen molar-refractivity contribution in [2.45, 2.75) is 13.1 Å². The highest BCUT2D eigenvalue weighted by atomic mass is 19.4. The maximum atomic E-state index is 12.8. The molecule has 126 valence electrons. The zero-order valence-corrected chi connectivity index (χ0v) is 12.9. The van der Waals surface area contributed by atoms with Gasteiger partial charge in [0.1, 0.15) is 5.52 Å². The monoisotopic (exact) mass is 339 g/mol. The van der Waals surface area contributed by atoms with Crippen LogP contribution in [0.5, 0.6) is 11.5 Å². The zero-order valence-electron chi connectivity index (χ0n) is 12.9. The first-order chi connectivity index (χ1) is 11.3. The Kier molecular flexibility index (Phi) is 3.62. The number of alkyl halides is 3. The number of aromatic nitrogens is 1. The second kappa shape index (κ2) is 5.40. The molecule has 0 N–H and O–H groups in total. The molecule has 0 saturated carbocycles. The van der Waals surface area contributed by atoms with Crippen LogP contribution in [0.15, 0.2) is 27.4 Å². The van der Waals surface area contributed by atoms with Gasteiger partial charge < -0.3 is 13.9 Å². The molecule has 0 radical (unpaired) electrons. The highest BCUT2D eigenvalue weighted by Crippen LogP contribution is 2.40. The molecule has 0 aromatic heterocycles. The highest BCUT2D eigenvalue weighted by molar-refractivity contribution is 5.81. The summed E-state index contributed by atoms with van der Waals surface area (Å²) < 4.78 is 54.3. The van der Waals surface area contributed by atoms with Gasteiger partial charge in [-0.3, -0.25) is 4.79 Å². The molecule has 1 aromatic rings. The molecule has 2 aliphatic rings. The fourth-order valence-corrected chi connectivity index (χ4v) is 2.46. The molecule has 0 amide bonds. The number of ether oxygens (including phenoxy) is 2. The topological polar surface area (TPSA) is 61.6 Å². The van der Waals surface area contributed by atoms with Crippen molar-refractivity contribution in [3.63, 3.8) is 0 Å². The van der Waals surface area contributed by atoms with Crippen molar-refractivity contribution < 1.29 is 27.1 Å². The molecule has 1 heterocycles. The van der Waals surface area contributed by atoms with E-state index in [-0.39, 0.29) is 39.6 Å². The molecule has 1 aliphatic carbocycles. The predicted octanol–water partition coefficient (Wildman–Crippen LogP) is 3.64. The molecular weight excluding hydrogens is 327 g/mol. The van der Waals surface area contributed by atoms with E-state index in [1.165, 1.54) is 27.2 Å². The maximum absolute atomic E-state index is 12.8. The summed E-state index contributed by atoms with van der Waals surface area (Å²) in [5.74, 6) is 0.106. The summed E-state index contributed by atoms with van der Waals surface area (Å²) in [5.41, 5.74) is -0.826. The van der Waals surface area contributed by atoms with Crippen molar-refractivity contribution in [2.75, 3.05) is 14.2 Å². The van der Waals surface area contributed by atoms with E-state index in [9.17, 15) is 18.0 Å². The van der Waals surface area contributed by atoms with Crippen LogP contribution in [-0.2, 0) is 6.18 Å². The van der Waals surface area contributed by atoms with E-state index in [1.54, 1.807) is 0 Å². The minimum atomic E-state index is -4.50. The fraction of sp³-hybridized carbons (Fsp3) is 0.250. The molecule has 0 bridgehead atoms. The van der Waals surface area contributed by atoms with Crippen molar-refractivity contribution in [3.05, 3.63) is 39.5 Å². The van der Waals surface area contributed by atoms with Gasteiger partial charge in [0.25, 0.3) is 0 Å². The Morgan fingerprint density at radius 1 is 1.12 bits per heavy atom. The van der Waals surface area contributed by atoms with E-state index in [0.29, 0.717) is 0 Å². The lowest BCUT2D eigenvalue weighted by Gasteiger charge is -2.16. The largest absolute Gasteiger partial charge is 0.491 e. The van der Waals surface area contributed by atoms with Crippen molar-refractivity contribution in [3.8, 4) is 23.0 Å². The lowest BCUT2D eigenvalue weighted by Crippen LogP contribution is -2.14. The van der Waals surface area contributed by atoms with E-state index < -0.39 is 17.2 Å². The van der Waals surface area contributed by atoms with Gasteiger partial charge in [0, 0.05) is 5.56 Å². The van der Waals surface area contributed by atoms with E-state index in [4.69, 9.17) is 13.9 Å². The van der Waals surface area contributed by atoms with Gasteiger partial charge in [-0.25, -0.2) is 4.98 Å². The number of fused-ring (bicyclic) bond motifs is 2. The Bertz CT molecular complexity index is 962. The van der Waals surface area contributed by atoms with Crippen molar-refractivity contribution >= 4 is 11.1 Å². The van der Waals surface area contributed by atoms with Gasteiger partial charge in [0.15, 0.2) is 22.8 Å². The summed E-state index contributed by atoms with van der Waals surface area (Å²) in [4.78, 5) is 16.6. The van der Waals surface area contributed by atoms with Crippen LogP contribution in [0.4, 0.5) is 13.2 Å². The number of rotatable bonds is 2. The molecule has 1 aromatic carbocycles. The quantitative estimate of drug-likeness (QED) is 0.667. The van der Waals surface area contributed by atoms with Gasteiger partial charge in [0.05, 0.1) is 19.8 Å². The number of nitrogens with zero attached hydrogens (tertiary/aromatic N) is 1. The molecule has 3 rings (SSSR count). The molecule has 0 saturated heterocycles. The minimum Gasteiger partial charge on any atom is -0.491 e. The SMILES string of the molecule is COc1c2nc3ccc(C(F)(F)F)cc3oc-2c(C)c(=O)c1OC. The van der Waals surface area contributed by atoms with Crippen molar-refractivity contribution in [1.29, 1.82) is 0 Å². The van der Waals surface area contributed by atoms with Gasteiger partial charge in [-0.1, -0.05) is 0 Å². The summed E-state index contributed by atoms with van der Waals surface area (Å²) in [7, 11) is 2.66. The van der Waals surface area contributed by atoms with Crippen LogP contribution in [0.25, 0.3) is 22.6 Å². The summed E-state index contributed by atoms with van der Waals surface area (Å²) in [6.07, 6.45) is -4.50. The molecule has 8 heteroatoms. The van der Waals surface area contributed by atoms with E-state index >= 15 is 0 Å². The number of halogens is 3. The van der Waals surface area contributed by atoms with E-state index in [2.05, 4.69) is 4.98 Å². The van der Waals surface area contributed by atoms with Gasteiger partial charge in [0.2, 0.25) is 11.2 Å². The molecule has 24 heavy (non-hydrogen) atoms. The smallest absolute Gasteiger partial charge is 0.416 e. The van der Waals surface area contributed by atoms with Crippen LogP contribution in [0.1, 0.15) is 11.1 Å². The first-order valence-electron chi connectivity index (χ1n) is 6.84. The third-order valence-electron chi connectivity index (χ3n) is 3.66. The number of benzene rings is 2. The number of methoxy groups -OCH3 is 2. The fourth-order valence-electron chi connectivity index (χ4n) is 2.46. The second-order valence-electron chi connectivity index (χ2n) is 5.09. The lowest BCUT2D eigenvalue weighted by molar-refractivity contribution is -0.137. The third kappa shape index (κ3) is 2.34. The third-order valence-corrected chi connectivity index (χ3v) is 3.66. The zero-order chi connectivity index (χ0) is 17.6. The Morgan fingerprint density at radius 2 is 1.79 bits per heavy atom. The van der Waals surface area contributed by atoms with Crippen LogP contribution in [0.2, 0.25) is 0 Å². The average molecular weight is 339 g/mol. The van der Waals surface area contributed by atoms with Gasteiger partial charge >= 0.3 is 6.18 Å². The molecule has 5 nitrogen and oxygen atoms in total. The molecule has 1 aliphatic heterocycles. The number of hydrogen-bond donors (Lipinski definition) is 0. The minimum absolute atomic E-state index is 0.0311. The Hall–Kier alpha value is -2.77. The first-order valence-corrected chi connectivity index (χ1v) is 6.84. The summed E-state index contributed by atoms with van der Waals surface area (Å²) >= 11 is 0. The Morgan fingerprint density at radius 3 is 2.38 bits per heavy atom. The molecule has 0 fully saturated rings. The first kappa shape index (κ1) is 16.1. The number of hydrogen-bond acceptors (Lipinski definition) is 5. The summed E-state index contributed by atoms with van der Waals surface area (Å²) in [6.45, 7) is 1.48. The van der Waals surface area contributed by atoms with Crippen LogP contribution < -0.4 is 14.9 Å². The second-order valence-corrected chi connectivity index (χ2v) is 5.09. The Balaban J connectivity index is 2.42. The predicted molar refractivity (Wildman–Crippen MR) is 79.7 cm³/mol. The van der Waals surface area contributed by atoms with Crippen LogP contribution in [0, 0.1) is 6.92 Å². The maximum Gasteiger partial charge on any atom is 0.416 e. The van der Waals surface area contributed by atoms with Crippen molar-refractivity contribution in [1.82, 2.24) is 4.98 Å². The Labute approximate surface area is 134 Å². The molecular formula is C16H12F3NO4. The van der Waals surface area contributed by atoms with Crippen molar-refractivity contribution in [2.24, 2.45) is 0 Å². The van der Waals surface area contributed by atoms with Crippen LogP contribution in [0.3, 0.4) is 0 Å². The summed E-state index contributed by atoms with van der Waals surface area (Å²) in [6, 6.07) is 2.96. The highest BCUT2D eigenvalue weighted by Gasteiger charge is 2.32. The molecule has 0 unspecified atom stereocenters. The van der Waals surface area contributed by atoms with Crippen LogP contribution in [-0.4, -0.2) is 19.2 Å². The average Bonchev–Trinajstić information content (AvgIpc) is 2.55. The van der Waals surface area contributed by atoms with Gasteiger partial charge in [-0.15, -0.1) is 0 Å². The molecule has 0 atom stereocenters.